The molecule has 0 atom stereocenters. The molecular weight excluding hydrogens is 531 g/mol. The molecule has 0 radical (unpaired) electrons. The summed E-state index contributed by atoms with van der Waals surface area (Å²) in [4.78, 5) is 13.3. The standard InChI is InChI=1S/C31H32F3N5O2/c1-19(2)18-41-27-9-4-6-20(3)28(27)39-29(21-10-12-23(13-11-21)36-30(35)40)25-17-38(15-14-26(25)37-39)24-8-5-7-22(16-24)31(32,33)34/h4-13,16,19H,14-15,17-18H2,1-3H3,(H3,35,36,40). The van der Waals surface area contributed by atoms with Crippen molar-refractivity contribution in [3.63, 3.8) is 0 Å². The summed E-state index contributed by atoms with van der Waals surface area (Å²) in [5.74, 6) is 1.02. The molecule has 0 saturated carbocycles. The van der Waals surface area contributed by atoms with Gasteiger partial charge in [0.2, 0.25) is 0 Å². The van der Waals surface area contributed by atoms with Crippen molar-refractivity contribution in [3.8, 4) is 22.7 Å². The van der Waals surface area contributed by atoms with Gasteiger partial charge in [-0.25, -0.2) is 9.48 Å². The van der Waals surface area contributed by atoms with Crippen LogP contribution >= 0.6 is 0 Å². The average molecular weight is 564 g/mol. The molecule has 1 aliphatic heterocycles. The zero-order chi connectivity index (χ0) is 29.3. The minimum atomic E-state index is -4.43. The van der Waals surface area contributed by atoms with Gasteiger partial charge in [-0.1, -0.05) is 44.2 Å². The number of carbonyl (C=O) groups excluding carboxylic acids is 1. The lowest BCUT2D eigenvalue weighted by Crippen LogP contribution is -2.30. The van der Waals surface area contributed by atoms with Crippen molar-refractivity contribution in [2.24, 2.45) is 11.7 Å². The number of aryl methyl sites for hydroxylation is 1. The molecule has 0 aliphatic carbocycles. The molecule has 0 bridgehead atoms. The van der Waals surface area contributed by atoms with Crippen LogP contribution in [0.4, 0.5) is 29.3 Å². The Hall–Kier alpha value is -4.47. The molecule has 214 valence electrons. The molecule has 0 unspecified atom stereocenters. The van der Waals surface area contributed by atoms with Gasteiger partial charge in [0.15, 0.2) is 0 Å². The molecule has 10 heteroatoms. The molecule has 41 heavy (non-hydrogen) atoms. The highest BCUT2D eigenvalue weighted by molar-refractivity contribution is 5.88. The molecule has 2 heterocycles. The number of carbonyl (C=O) groups is 1. The number of benzene rings is 3. The summed E-state index contributed by atoms with van der Waals surface area (Å²) in [5.41, 5.74) is 10.9. The van der Waals surface area contributed by atoms with E-state index in [9.17, 15) is 18.0 Å². The second kappa shape index (κ2) is 11.2. The first-order chi connectivity index (χ1) is 19.5. The third kappa shape index (κ3) is 6.01. The van der Waals surface area contributed by atoms with Gasteiger partial charge >= 0.3 is 12.2 Å². The predicted octanol–water partition coefficient (Wildman–Crippen LogP) is 6.95. The number of primary amides is 1. The summed E-state index contributed by atoms with van der Waals surface area (Å²) in [6.07, 6.45) is -3.87. The summed E-state index contributed by atoms with van der Waals surface area (Å²) in [7, 11) is 0. The number of para-hydroxylation sites is 1. The number of nitrogens with zero attached hydrogens (tertiary/aromatic N) is 3. The number of alkyl halides is 3. The lowest BCUT2D eigenvalue weighted by Gasteiger charge is -2.29. The predicted molar refractivity (Wildman–Crippen MR) is 153 cm³/mol. The molecule has 1 aromatic heterocycles. The van der Waals surface area contributed by atoms with Crippen molar-refractivity contribution in [3.05, 3.63) is 89.1 Å². The number of aromatic nitrogens is 2. The smallest absolute Gasteiger partial charge is 0.416 e. The van der Waals surface area contributed by atoms with Crippen molar-refractivity contribution in [1.82, 2.24) is 9.78 Å². The molecule has 1 aliphatic rings. The summed E-state index contributed by atoms with van der Waals surface area (Å²) in [6, 6.07) is 17.9. The molecule has 5 rings (SSSR count). The van der Waals surface area contributed by atoms with Crippen LogP contribution in [-0.2, 0) is 19.1 Å². The van der Waals surface area contributed by atoms with E-state index in [1.54, 1.807) is 18.2 Å². The van der Waals surface area contributed by atoms with Crippen LogP contribution in [0, 0.1) is 12.8 Å². The van der Waals surface area contributed by atoms with E-state index in [0.29, 0.717) is 49.2 Å². The van der Waals surface area contributed by atoms with Gasteiger partial charge < -0.3 is 20.7 Å². The van der Waals surface area contributed by atoms with Crippen LogP contribution in [0.1, 0.15) is 36.2 Å². The van der Waals surface area contributed by atoms with Crippen molar-refractivity contribution in [1.29, 1.82) is 0 Å². The number of anilines is 2. The Balaban J connectivity index is 1.63. The molecular formula is C31H32F3N5O2. The van der Waals surface area contributed by atoms with Crippen LogP contribution in [0.15, 0.2) is 66.7 Å². The van der Waals surface area contributed by atoms with E-state index in [-0.39, 0.29) is 0 Å². The van der Waals surface area contributed by atoms with Gasteiger partial charge in [0.25, 0.3) is 0 Å². The molecule has 2 amide bonds. The number of hydrogen-bond donors (Lipinski definition) is 2. The lowest BCUT2D eigenvalue weighted by atomic mass is 9.99. The largest absolute Gasteiger partial charge is 0.491 e. The Morgan fingerprint density at radius 3 is 2.51 bits per heavy atom. The van der Waals surface area contributed by atoms with Crippen molar-refractivity contribution in [2.75, 3.05) is 23.4 Å². The fourth-order valence-electron chi connectivity index (χ4n) is 5.06. The van der Waals surface area contributed by atoms with E-state index in [1.807, 2.05) is 46.8 Å². The maximum absolute atomic E-state index is 13.5. The highest BCUT2D eigenvalue weighted by Gasteiger charge is 2.32. The number of halogens is 3. The van der Waals surface area contributed by atoms with Crippen molar-refractivity contribution < 1.29 is 22.7 Å². The van der Waals surface area contributed by atoms with Crippen LogP contribution in [0.5, 0.6) is 5.75 Å². The first-order valence-electron chi connectivity index (χ1n) is 13.4. The molecule has 4 aromatic rings. The van der Waals surface area contributed by atoms with Gasteiger partial charge in [0.05, 0.1) is 23.6 Å². The average Bonchev–Trinajstić information content (AvgIpc) is 3.30. The fourth-order valence-corrected chi connectivity index (χ4v) is 5.06. The van der Waals surface area contributed by atoms with Gasteiger partial charge in [0, 0.05) is 42.0 Å². The summed E-state index contributed by atoms with van der Waals surface area (Å²) >= 11 is 0. The van der Waals surface area contributed by atoms with Crippen LogP contribution in [0.2, 0.25) is 0 Å². The highest BCUT2D eigenvalue weighted by Crippen LogP contribution is 2.39. The summed E-state index contributed by atoms with van der Waals surface area (Å²) in [6.45, 7) is 7.59. The number of hydrogen-bond acceptors (Lipinski definition) is 4. The molecule has 0 fully saturated rings. The fraction of sp³-hybridized carbons (Fsp3) is 0.290. The van der Waals surface area contributed by atoms with Gasteiger partial charge in [-0.2, -0.15) is 18.3 Å². The number of amides is 2. The van der Waals surface area contributed by atoms with Gasteiger partial charge in [-0.3, -0.25) is 0 Å². The van der Waals surface area contributed by atoms with Gasteiger partial charge in [-0.15, -0.1) is 0 Å². The minimum absolute atomic E-state index is 0.319. The second-order valence-electron chi connectivity index (χ2n) is 10.6. The molecule has 3 N–H and O–H groups in total. The number of fused-ring (bicyclic) bond motifs is 1. The van der Waals surface area contributed by atoms with E-state index in [1.165, 1.54) is 12.1 Å². The van der Waals surface area contributed by atoms with Gasteiger partial charge in [-0.05, 0) is 54.8 Å². The van der Waals surface area contributed by atoms with Crippen LogP contribution in [0.3, 0.4) is 0 Å². The highest BCUT2D eigenvalue weighted by atomic mass is 19.4. The second-order valence-corrected chi connectivity index (χ2v) is 10.6. The third-order valence-corrected chi connectivity index (χ3v) is 6.98. The van der Waals surface area contributed by atoms with Crippen LogP contribution in [0.25, 0.3) is 16.9 Å². The van der Waals surface area contributed by atoms with E-state index >= 15 is 0 Å². The third-order valence-electron chi connectivity index (χ3n) is 6.98. The lowest BCUT2D eigenvalue weighted by molar-refractivity contribution is -0.137. The van der Waals surface area contributed by atoms with Gasteiger partial charge in [0.1, 0.15) is 11.4 Å². The quantitative estimate of drug-likeness (QED) is 0.255. The first-order valence-corrected chi connectivity index (χ1v) is 13.4. The maximum Gasteiger partial charge on any atom is 0.416 e. The summed E-state index contributed by atoms with van der Waals surface area (Å²) < 4.78 is 48.5. The maximum atomic E-state index is 13.5. The number of ether oxygens (including phenoxy) is 1. The SMILES string of the molecule is Cc1cccc(OCC(C)C)c1-n1nc2c(c1-c1ccc(NC(N)=O)cc1)CN(c1cccc(C(F)(F)F)c1)CC2. The number of rotatable bonds is 7. The van der Waals surface area contributed by atoms with Crippen molar-refractivity contribution in [2.45, 2.75) is 39.9 Å². The normalized spacial score (nSPS) is 13.3. The Kier molecular flexibility index (Phi) is 7.66. The number of nitrogens with two attached hydrogens (primary N) is 1. The first kappa shape index (κ1) is 28.1. The van der Waals surface area contributed by atoms with E-state index in [0.717, 1.165) is 39.8 Å². The minimum Gasteiger partial charge on any atom is -0.491 e. The molecule has 3 aromatic carbocycles. The van der Waals surface area contributed by atoms with Crippen LogP contribution in [-0.4, -0.2) is 29.0 Å². The monoisotopic (exact) mass is 563 g/mol. The van der Waals surface area contributed by atoms with E-state index < -0.39 is 17.8 Å². The van der Waals surface area contributed by atoms with Crippen LogP contribution < -0.4 is 20.7 Å². The van der Waals surface area contributed by atoms with E-state index in [2.05, 4.69) is 19.2 Å². The molecule has 7 nitrogen and oxygen atoms in total. The van der Waals surface area contributed by atoms with E-state index in [4.69, 9.17) is 15.6 Å². The number of nitrogens with one attached hydrogen (secondary N) is 1. The zero-order valence-corrected chi connectivity index (χ0v) is 23.1. The summed E-state index contributed by atoms with van der Waals surface area (Å²) in [5, 5.41) is 7.62. The Bertz CT molecular complexity index is 1560. The number of urea groups is 1. The Morgan fingerprint density at radius 1 is 1.10 bits per heavy atom. The zero-order valence-electron chi connectivity index (χ0n) is 23.1. The van der Waals surface area contributed by atoms with Crippen molar-refractivity contribution >= 4 is 17.4 Å². The Morgan fingerprint density at radius 2 is 1.83 bits per heavy atom. The topological polar surface area (TPSA) is 85.4 Å². The molecule has 0 saturated heterocycles. The molecule has 0 spiro atoms. The Labute approximate surface area is 236 Å².